The molecule has 1 aliphatic rings. The van der Waals surface area contributed by atoms with Crippen LogP contribution in [-0.2, 0) is 21.2 Å². The summed E-state index contributed by atoms with van der Waals surface area (Å²) in [5.41, 5.74) is -0.461. The zero-order valence-corrected chi connectivity index (χ0v) is 17.7. The van der Waals surface area contributed by atoms with E-state index in [0.717, 1.165) is 22.5 Å². The summed E-state index contributed by atoms with van der Waals surface area (Å²) in [7, 11) is -2.90. The molecule has 168 valence electrons. The molecule has 0 spiro atoms. The first-order valence-corrected chi connectivity index (χ1v) is 10.8. The van der Waals surface area contributed by atoms with Gasteiger partial charge >= 0.3 is 6.18 Å². The third-order valence-corrected chi connectivity index (χ3v) is 6.83. The van der Waals surface area contributed by atoms with Gasteiger partial charge in [0.1, 0.15) is 5.82 Å². The maximum Gasteiger partial charge on any atom is 0.416 e. The number of halogens is 5. The van der Waals surface area contributed by atoms with Gasteiger partial charge < -0.3 is 5.32 Å². The Morgan fingerprint density at radius 3 is 2.61 bits per heavy atom. The van der Waals surface area contributed by atoms with Gasteiger partial charge in [-0.2, -0.15) is 30.6 Å². The predicted octanol–water partition coefficient (Wildman–Crippen LogP) is 3.76. The second-order valence-electron chi connectivity index (χ2n) is 7.02. The Balaban J connectivity index is 1.79. The largest absolute Gasteiger partial charge is 0.416 e. The predicted molar refractivity (Wildman–Crippen MR) is 107 cm³/mol. The zero-order valence-electron chi connectivity index (χ0n) is 16.1. The van der Waals surface area contributed by atoms with Crippen molar-refractivity contribution < 1.29 is 30.8 Å². The Hall–Kier alpha value is -2.21. The van der Waals surface area contributed by atoms with Crippen molar-refractivity contribution in [1.29, 1.82) is 0 Å². The van der Waals surface area contributed by atoms with E-state index in [0.29, 0.717) is 5.69 Å². The molecule has 2 aromatic carbocycles. The topological polar surface area (TPSA) is 78.5 Å². The molecule has 6 nitrogen and oxygen atoms in total. The van der Waals surface area contributed by atoms with Crippen LogP contribution in [0.1, 0.15) is 23.6 Å². The van der Waals surface area contributed by atoms with Gasteiger partial charge in [0.05, 0.1) is 23.2 Å². The molecule has 1 aliphatic heterocycles. The van der Waals surface area contributed by atoms with Crippen molar-refractivity contribution >= 4 is 33.3 Å². The number of alkyl halides is 3. The number of hydrogen-bond donors (Lipinski definition) is 2. The molecule has 2 aromatic rings. The van der Waals surface area contributed by atoms with Crippen LogP contribution in [0.5, 0.6) is 0 Å². The van der Waals surface area contributed by atoms with E-state index in [2.05, 4.69) is 10.0 Å². The summed E-state index contributed by atoms with van der Waals surface area (Å²) >= 11 is 5.69. The number of anilines is 1. The van der Waals surface area contributed by atoms with E-state index in [1.807, 2.05) is 0 Å². The van der Waals surface area contributed by atoms with Crippen LogP contribution in [0.25, 0.3) is 0 Å². The lowest BCUT2D eigenvalue weighted by atomic mass is 9.96. The molecule has 3 rings (SSSR count). The average molecular weight is 480 g/mol. The molecular formula is C19H18ClF4N3O3S. The van der Waals surface area contributed by atoms with Crippen molar-refractivity contribution in [3.8, 4) is 0 Å². The number of carbonyl (C=O) groups is 1. The van der Waals surface area contributed by atoms with Crippen molar-refractivity contribution in [3.05, 3.63) is 64.4 Å². The number of rotatable bonds is 5. The van der Waals surface area contributed by atoms with Gasteiger partial charge in [-0.3, -0.25) is 4.79 Å². The molecule has 0 aromatic heterocycles. The van der Waals surface area contributed by atoms with Crippen LogP contribution in [0.15, 0.2) is 42.5 Å². The highest BCUT2D eigenvalue weighted by Crippen LogP contribution is 2.33. The van der Waals surface area contributed by atoms with Crippen molar-refractivity contribution in [2.75, 3.05) is 18.9 Å². The van der Waals surface area contributed by atoms with Gasteiger partial charge in [0.2, 0.25) is 0 Å². The molecule has 1 fully saturated rings. The van der Waals surface area contributed by atoms with E-state index >= 15 is 0 Å². The molecule has 0 bridgehead atoms. The van der Waals surface area contributed by atoms with E-state index in [4.69, 9.17) is 11.6 Å². The normalized spacial score (nSPS) is 21.6. The lowest BCUT2D eigenvalue weighted by Crippen LogP contribution is -2.55. The van der Waals surface area contributed by atoms with Crippen LogP contribution in [-0.4, -0.2) is 38.1 Å². The maximum atomic E-state index is 13.3. The van der Waals surface area contributed by atoms with Gasteiger partial charge in [-0.05, 0) is 42.3 Å². The number of likely N-dealkylation sites (N-methyl/N-ethyl adjacent to an activating group) is 1. The molecule has 1 heterocycles. The fourth-order valence-electron chi connectivity index (χ4n) is 3.23. The minimum Gasteiger partial charge on any atom is -0.378 e. The van der Waals surface area contributed by atoms with E-state index in [1.54, 1.807) is 0 Å². The Bertz CT molecular complexity index is 1100. The van der Waals surface area contributed by atoms with E-state index in [9.17, 15) is 30.8 Å². The molecule has 2 unspecified atom stereocenters. The summed E-state index contributed by atoms with van der Waals surface area (Å²) in [4.78, 5) is 12.7. The molecule has 0 aliphatic carbocycles. The molecular weight excluding hydrogens is 462 g/mol. The minimum atomic E-state index is -4.59. The van der Waals surface area contributed by atoms with Crippen LogP contribution in [0, 0.1) is 5.82 Å². The van der Waals surface area contributed by atoms with Crippen LogP contribution in [0.4, 0.5) is 23.2 Å². The molecule has 2 atom stereocenters. The van der Waals surface area contributed by atoms with Crippen molar-refractivity contribution in [1.82, 2.24) is 9.03 Å². The first-order chi connectivity index (χ1) is 14.4. The quantitative estimate of drug-likeness (QED) is 0.640. The number of ketones is 1. The first-order valence-electron chi connectivity index (χ1n) is 9.02. The van der Waals surface area contributed by atoms with Crippen LogP contribution >= 0.6 is 11.6 Å². The second kappa shape index (κ2) is 8.73. The summed E-state index contributed by atoms with van der Waals surface area (Å²) in [5.74, 6) is -1.14. The van der Waals surface area contributed by atoms with Crippen molar-refractivity contribution in [3.63, 3.8) is 0 Å². The summed E-state index contributed by atoms with van der Waals surface area (Å²) in [6.07, 6.45) is -4.66. The van der Waals surface area contributed by atoms with Crippen molar-refractivity contribution in [2.45, 2.75) is 24.7 Å². The van der Waals surface area contributed by atoms with Gasteiger partial charge in [-0.15, -0.1) is 0 Å². The molecule has 0 radical (unpaired) electrons. The fourth-order valence-corrected chi connectivity index (χ4v) is 4.71. The first kappa shape index (κ1) is 23.5. The number of carbonyl (C=O) groups excluding carboxylic acids is 1. The van der Waals surface area contributed by atoms with E-state index in [-0.39, 0.29) is 23.6 Å². The third-order valence-electron chi connectivity index (χ3n) is 4.94. The Morgan fingerprint density at radius 1 is 1.26 bits per heavy atom. The second-order valence-corrected chi connectivity index (χ2v) is 9.18. The van der Waals surface area contributed by atoms with E-state index in [1.165, 1.54) is 31.3 Å². The lowest BCUT2D eigenvalue weighted by Gasteiger charge is -2.36. The highest BCUT2D eigenvalue weighted by molar-refractivity contribution is 7.87. The van der Waals surface area contributed by atoms with Gasteiger partial charge in [0.15, 0.2) is 5.78 Å². The number of Topliss-reactive ketones (excluding diaryl/α,β-unsaturated/α-hetero) is 1. The fraction of sp³-hybridized carbons (Fsp3) is 0.316. The molecule has 12 heteroatoms. The number of benzene rings is 2. The van der Waals surface area contributed by atoms with Crippen molar-refractivity contribution in [2.24, 2.45) is 0 Å². The van der Waals surface area contributed by atoms with Crippen LogP contribution in [0.3, 0.4) is 0 Å². The SMILES string of the molecule is CN1C(C(=O)CNc2ccc(F)c(Cl)c2)CC(c2cccc(C(F)(F)F)c2)NS1(=O)=O. The number of hydrogen-bond acceptors (Lipinski definition) is 4. The van der Waals surface area contributed by atoms with Gasteiger partial charge in [0, 0.05) is 18.8 Å². The summed E-state index contributed by atoms with van der Waals surface area (Å²) in [6, 6.07) is 5.91. The summed E-state index contributed by atoms with van der Waals surface area (Å²) < 4.78 is 80.4. The van der Waals surface area contributed by atoms with E-state index < -0.39 is 45.6 Å². The molecule has 31 heavy (non-hydrogen) atoms. The smallest absolute Gasteiger partial charge is 0.378 e. The number of nitrogens with zero attached hydrogens (tertiary/aromatic N) is 1. The lowest BCUT2D eigenvalue weighted by molar-refractivity contribution is -0.137. The Morgan fingerprint density at radius 2 is 1.97 bits per heavy atom. The Kier molecular flexibility index (Phi) is 6.61. The molecule has 0 amide bonds. The van der Waals surface area contributed by atoms with Crippen LogP contribution in [0.2, 0.25) is 5.02 Å². The van der Waals surface area contributed by atoms with Gasteiger partial charge in [0.25, 0.3) is 10.2 Å². The highest BCUT2D eigenvalue weighted by atomic mass is 35.5. The van der Waals surface area contributed by atoms with Gasteiger partial charge in [-0.1, -0.05) is 23.7 Å². The van der Waals surface area contributed by atoms with Gasteiger partial charge in [-0.25, -0.2) is 4.39 Å². The van der Waals surface area contributed by atoms with Crippen LogP contribution < -0.4 is 10.0 Å². The highest BCUT2D eigenvalue weighted by Gasteiger charge is 2.41. The average Bonchev–Trinajstić information content (AvgIpc) is 2.70. The maximum absolute atomic E-state index is 13.3. The Labute approximate surface area is 181 Å². The summed E-state index contributed by atoms with van der Waals surface area (Å²) in [6.45, 7) is -0.290. The minimum absolute atomic E-state index is 0.0677. The molecule has 0 saturated carbocycles. The molecule has 2 N–H and O–H groups in total. The zero-order chi connectivity index (χ0) is 23.0. The molecule has 1 saturated heterocycles. The third kappa shape index (κ3) is 5.35. The summed E-state index contributed by atoms with van der Waals surface area (Å²) in [5, 5.41) is 2.60. The monoisotopic (exact) mass is 479 g/mol. The number of nitrogens with one attached hydrogen (secondary N) is 2. The standard InChI is InChI=1S/C19H18ClF4N3O3S/c1-27-17(18(28)10-25-13-5-6-15(21)14(20)8-13)9-16(26-31(27,29)30)11-3-2-4-12(7-11)19(22,23)24/h2-8,16-17,25-26H,9-10H2,1H3.